The zero-order chi connectivity index (χ0) is 13.1. The van der Waals surface area contributed by atoms with Gasteiger partial charge >= 0.3 is 0 Å². The molecule has 0 radical (unpaired) electrons. The highest BCUT2D eigenvalue weighted by Crippen LogP contribution is 2.18. The van der Waals surface area contributed by atoms with Crippen molar-refractivity contribution in [1.82, 2.24) is 9.97 Å². The molecule has 1 aliphatic heterocycles. The predicted molar refractivity (Wildman–Crippen MR) is 77.3 cm³/mol. The second-order valence-electron chi connectivity index (χ2n) is 4.61. The second kappa shape index (κ2) is 5.14. The van der Waals surface area contributed by atoms with Crippen molar-refractivity contribution < 1.29 is 0 Å². The lowest BCUT2D eigenvalue weighted by atomic mass is 10.2. The molecule has 5 heteroatoms. The van der Waals surface area contributed by atoms with Crippen molar-refractivity contribution in [1.29, 1.82) is 0 Å². The lowest BCUT2D eigenvalue weighted by Gasteiger charge is -2.36. The molecule has 1 saturated heterocycles. The van der Waals surface area contributed by atoms with Gasteiger partial charge in [-0.2, -0.15) is 0 Å². The maximum atomic E-state index is 5.55. The van der Waals surface area contributed by atoms with Gasteiger partial charge in [0.05, 0.1) is 12.4 Å². The average molecular weight is 255 g/mol. The molecule has 19 heavy (non-hydrogen) atoms. The predicted octanol–water partition coefficient (Wildman–Crippen LogP) is 1.39. The summed E-state index contributed by atoms with van der Waals surface area (Å²) in [5.41, 5.74) is 6.84. The Morgan fingerprint density at radius 2 is 1.53 bits per heavy atom. The molecule has 98 valence electrons. The molecule has 0 atom stereocenters. The summed E-state index contributed by atoms with van der Waals surface area (Å²) in [5, 5.41) is 0. The molecular formula is C14H17N5. The second-order valence-corrected chi connectivity index (χ2v) is 4.61. The minimum absolute atomic E-state index is 0.465. The SMILES string of the molecule is Nc1cnc(N2CCN(c3ccccc3)CC2)cn1. The van der Waals surface area contributed by atoms with E-state index >= 15 is 0 Å². The topological polar surface area (TPSA) is 58.3 Å². The van der Waals surface area contributed by atoms with Crippen LogP contribution in [0, 0.1) is 0 Å². The quantitative estimate of drug-likeness (QED) is 0.878. The Bertz CT molecular complexity index is 517. The number of anilines is 3. The maximum absolute atomic E-state index is 5.55. The summed E-state index contributed by atoms with van der Waals surface area (Å²) >= 11 is 0. The van der Waals surface area contributed by atoms with E-state index in [4.69, 9.17) is 5.73 Å². The molecule has 1 aliphatic rings. The van der Waals surface area contributed by atoms with E-state index < -0.39 is 0 Å². The fourth-order valence-corrected chi connectivity index (χ4v) is 2.33. The largest absolute Gasteiger partial charge is 0.382 e. The third kappa shape index (κ3) is 2.59. The Labute approximate surface area is 112 Å². The van der Waals surface area contributed by atoms with E-state index in [9.17, 15) is 0 Å². The van der Waals surface area contributed by atoms with Crippen LogP contribution >= 0.6 is 0 Å². The van der Waals surface area contributed by atoms with Gasteiger partial charge in [-0.3, -0.25) is 0 Å². The number of benzene rings is 1. The van der Waals surface area contributed by atoms with E-state index in [0.29, 0.717) is 5.82 Å². The number of nitrogens with two attached hydrogens (primary N) is 1. The fraction of sp³-hybridized carbons (Fsp3) is 0.286. The van der Waals surface area contributed by atoms with Gasteiger partial charge in [0, 0.05) is 31.9 Å². The molecule has 5 nitrogen and oxygen atoms in total. The van der Waals surface area contributed by atoms with Crippen LogP contribution in [0.25, 0.3) is 0 Å². The van der Waals surface area contributed by atoms with Gasteiger partial charge in [0.1, 0.15) is 11.6 Å². The number of piperazine rings is 1. The molecule has 1 fully saturated rings. The van der Waals surface area contributed by atoms with Crippen molar-refractivity contribution in [2.75, 3.05) is 41.7 Å². The number of nitrogen functional groups attached to an aromatic ring is 1. The Morgan fingerprint density at radius 1 is 0.842 bits per heavy atom. The Balaban J connectivity index is 1.65. The van der Waals surface area contributed by atoms with Crippen LogP contribution in [0.2, 0.25) is 0 Å². The van der Waals surface area contributed by atoms with Crippen molar-refractivity contribution >= 4 is 17.3 Å². The standard InChI is InChI=1S/C14H17N5/c15-13-10-17-14(11-16-13)19-8-6-18(7-9-19)12-4-2-1-3-5-12/h1-5,10-11H,6-9H2,(H2,15,16). The van der Waals surface area contributed by atoms with Crippen molar-refractivity contribution in [3.05, 3.63) is 42.7 Å². The third-order valence-corrected chi connectivity index (χ3v) is 3.38. The van der Waals surface area contributed by atoms with Gasteiger partial charge in [-0.1, -0.05) is 18.2 Å². The molecule has 0 unspecified atom stereocenters. The van der Waals surface area contributed by atoms with Crippen LogP contribution in [-0.2, 0) is 0 Å². The van der Waals surface area contributed by atoms with E-state index in [-0.39, 0.29) is 0 Å². The highest BCUT2D eigenvalue weighted by Gasteiger charge is 2.18. The molecule has 2 heterocycles. The zero-order valence-corrected chi connectivity index (χ0v) is 10.7. The highest BCUT2D eigenvalue weighted by atomic mass is 15.3. The molecule has 2 N–H and O–H groups in total. The van der Waals surface area contributed by atoms with Gasteiger partial charge in [0.15, 0.2) is 0 Å². The van der Waals surface area contributed by atoms with Crippen LogP contribution in [0.4, 0.5) is 17.3 Å². The zero-order valence-electron chi connectivity index (χ0n) is 10.7. The van der Waals surface area contributed by atoms with E-state index in [1.807, 2.05) is 6.07 Å². The van der Waals surface area contributed by atoms with E-state index in [1.54, 1.807) is 12.4 Å². The van der Waals surface area contributed by atoms with Crippen molar-refractivity contribution in [2.24, 2.45) is 0 Å². The highest BCUT2D eigenvalue weighted by molar-refractivity contribution is 5.49. The van der Waals surface area contributed by atoms with Gasteiger partial charge < -0.3 is 15.5 Å². The Hall–Kier alpha value is -2.30. The lowest BCUT2D eigenvalue weighted by Crippen LogP contribution is -2.46. The van der Waals surface area contributed by atoms with Gasteiger partial charge in [-0.05, 0) is 12.1 Å². The van der Waals surface area contributed by atoms with E-state index in [0.717, 1.165) is 32.0 Å². The monoisotopic (exact) mass is 255 g/mol. The molecule has 0 aliphatic carbocycles. The molecule has 0 saturated carbocycles. The molecule has 0 bridgehead atoms. The summed E-state index contributed by atoms with van der Waals surface area (Å²) in [6.07, 6.45) is 3.35. The average Bonchev–Trinajstić information content (AvgIpc) is 2.49. The number of hydrogen-bond donors (Lipinski definition) is 1. The molecule has 1 aromatic carbocycles. The van der Waals surface area contributed by atoms with Crippen LogP contribution in [0.15, 0.2) is 42.7 Å². The molecular weight excluding hydrogens is 238 g/mol. The summed E-state index contributed by atoms with van der Waals surface area (Å²) in [6, 6.07) is 10.5. The maximum Gasteiger partial charge on any atom is 0.147 e. The summed E-state index contributed by atoms with van der Waals surface area (Å²) < 4.78 is 0. The molecule has 0 amide bonds. The number of para-hydroxylation sites is 1. The molecule has 2 aromatic rings. The Morgan fingerprint density at radius 3 is 2.16 bits per heavy atom. The van der Waals surface area contributed by atoms with Crippen LogP contribution in [0.5, 0.6) is 0 Å². The van der Waals surface area contributed by atoms with Crippen LogP contribution in [0.3, 0.4) is 0 Å². The van der Waals surface area contributed by atoms with E-state index in [1.165, 1.54) is 5.69 Å². The van der Waals surface area contributed by atoms with Gasteiger partial charge in [0.2, 0.25) is 0 Å². The minimum atomic E-state index is 0.465. The first-order chi connectivity index (χ1) is 9.33. The minimum Gasteiger partial charge on any atom is -0.382 e. The van der Waals surface area contributed by atoms with Crippen molar-refractivity contribution in [2.45, 2.75) is 0 Å². The number of rotatable bonds is 2. The summed E-state index contributed by atoms with van der Waals surface area (Å²) in [7, 11) is 0. The molecule has 0 spiro atoms. The van der Waals surface area contributed by atoms with Crippen LogP contribution in [-0.4, -0.2) is 36.1 Å². The van der Waals surface area contributed by atoms with Gasteiger partial charge in [-0.15, -0.1) is 0 Å². The first kappa shape index (κ1) is 11.8. The number of hydrogen-bond acceptors (Lipinski definition) is 5. The first-order valence-electron chi connectivity index (χ1n) is 6.45. The Kier molecular flexibility index (Phi) is 3.18. The number of nitrogens with zero attached hydrogens (tertiary/aromatic N) is 4. The first-order valence-corrected chi connectivity index (χ1v) is 6.45. The van der Waals surface area contributed by atoms with Gasteiger partial charge in [-0.25, -0.2) is 9.97 Å². The number of aromatic nitrogens is 2. The summed E-state index contributed by atoms with van der Waals surface area (Å²) in [6.45, 7) is 3.90. The fourth-order valence-electron chi connectivity index (χ4n) is 2.33. The summed E-state index contributed by atoms with van der Waals surface area (Å²) in [4.78, 5) is 13.0. The third-order valence-electron chi connectivity index (χ3n) is 3.38. The normalized spacial score (nSPS) is 15.6. The molecule has 3 rings (SSSR count). The summed E-state index contributed by atoms with van der Waals surface area (Å²) in [5.74, 6) is 1.37. The molecule has 1 aromatic heterocycles. The van der Waals surface area contributed by atoms with Crippen LogP contribution in [0.1, 0.15) is 0 Å². The van der Waals surface area contributed by atoms with Crippen LogP contribution < -0.4 is 15.5 Å². The van der Waals surface area contributed by atoms with Crippen molar-refractivity contribution in [3.8, 4) is 0 Å². The van der Waals surface area contributed by atoms with E-state index in [2.05, 4.69) is 44.0 Å². The smallest absolute Gasteiger partial charge is 0.147 e. The van der Waals surface area contributed by atoms with Crippen molar-refractivity contribution in [3.63, 3.8) is 0 Å². The lowest BCUT2D eigenvalue weighted by molar-refractivity contribution is 0.646. The van der Waals surface area contributed by atoms with Gasteiger partial charge in [0.25, 0.3) is 0 Å².